The third-order valence-electron chi connectivity index (χ3n) is 4.72. The Morgan fingerprint density at radius 2 is 1.30 bits per heavy atom. The minimum absolute atomic E-state index is 0.0231. The predicted octanol–water partition coefficient (Wildman–Crippen LogP) is 3.72. The number of piperidine rings is 1. The van der Waals surface area contributed by atoms with Crippen molar-refractivity contribution in [2.75, 3.05) is 19.6 Å². The van der Waals surface area contributed by atoms with Crippen LogP contribution in [0.3, 0.4) is 0 Å². The summed E-state index contributed by atoms with van der Waals surface area (Å²) in [5.41, 5.74) is 7.84. The molecule has 0 amide bonds. The number of hydrogen-bond donors (Lipinski definition) is 1. The number of benzene rings is 2. The Kier molecular flexibility index (Phi) is 5.03. The largest absolute Gasteiger partial charge is 0.330 e. The van der Waals surface area contributed by atoms with Gasteiger partial charge in [-0.25, -0.2) is 8.78 Å². The van der Waals surface area contributed by atoms with Crippen LogP contribution in [0.15, 0.2) is 48.5 Å². The van der Waals surface area contributed by atoms with Gasteiger partial charge in [-0.1, -0.05) is 24.3 Å². The lowest BCUT2D eigenvalue weighted by atomic mass is 9.91. The van der Waals surface area contributed by atoms with Crippen molar-refractivity contribution >= 4 is 0 Å². The lowest BCUT2D eigenvalue weighted by Crippen LogP contribution is -2.39. The zero-order chi connectivity index (χ0) is 16.2. The molecule has 23 heavy (non-hydrogen) atoms. The summed E-state index contributed by atoms with van der Waals surface area (Å²) in [5.74, 6) is 0.0928. The fourth-order valence-electron chi connectivity index (χ4n) is 3.35. The summed E-state index contributed by atoms with van der Waals surface area (Å²) < 4.78 is 26.5. The summed E-state index contributed by atoms with van der Waals surface area (Å²) in [6.45, 7) is 2.62. The van der Waals surface area contributed by atoms with Crippen LogP contribution >= 0.6 is 0 Å². The van der Waals surface area contributed by atoms with Crippen molar-refractivity contribution in [3.8, 4) is 0 Å². The minimum atomic E-state index is -0.242. The van der Waals surface area contributed by atoms with E-state index in [-0.39, 0.29) is 17.7 Å². The molecule has 1 aliphatic heterocycles. The van der Waals surface area contributed by atoms with Crippen molar-refractivity contribution < 1.29 is 8.78 Å². The molecule has 1 saturated heterocycles. The molecule has 0 aliphatic carbocycles. The minimum Gasteiger partial charge on any atom is -0.330 e. The van der Waals surface area contributed by atoms with Crippen molar-refractivity contribution in [2.24, 2.45) is 11.7 Å². The highest BCUT2D eigenvalue weighted by atomic mass is 19.1. The second-order valence-electron chi connectivity index (χ2n) is 6.22. The molecule has 2 N–H and O–H groups in total. The van der Waals surface area contributed by atoms with Gasteiger partial charge in [0.2, 0.25) is 0 Å². The molecule has 2 nitrogen and oxygen atoms in total. The van der Waals surface area contributed by atoms with Crippen LogP contribution in [0.1, 0.15) is 30.0 Å². The highest BCUT2D eigenvalue weighted by Crippen LogP contribution is 2.32. The molecular weight excluding hydrogens is 294 g/mol. The number of likely N-dealkylation sites (tertiary alicyclic amines) is 1. The molecule has 0 bridgehead atoms. The number of rotatable bonds is 4. The molecule has 122 valence electrons. The van der Waals surface area contributed by atoms with Crippen LogP contribution in [-0.2, 0) is 0 Å². The van der Waals surface area contributed by atoms with Crippen molar-refractivity contribution in [3.63, 3.8) is 0 Å². The summed E-state index contributed by atoms with van der Waals surface area (Å²) in [7, 11) is 0. The van der Waals surface area contributed by atoms with Crippen LogP contribution in [0.2, 0.25) is 0 Å². The highest BCUT2D eigenvalue weighted by molar-refractivity contribution is 5.32. The van der Waals surface area contributed by atoms with E-state index < -0.39 is 0 Å². The summed E-state index contributed by atoms with van der Waals surface area (Å²) in [6.07, 6.45) is 2.13. The van der Waals surface area contributed by atoms with Crippen LogP contribution in [-0.4, -0.2) is 24.5 Å². The number of halogens is 2. The molecule has 4 heteroatoms. The lowest BCUT2D eigenvalue weighted by molar-refractivity contribution is 0.153. The van der Waals surface area contributed by atoms with E-state index in [1.54, 1.807) is 0 Å². The van der Waals surface area contributed by atoms with E-state index in [0.29, 0.717) is 5.92 Å². The first-order valence-corrected chi connectivity index (χ1v) is 8.12. The Bertz CT molecular complexity index is 571. The predicted molar refractivity (Wildman–Crippen MR) is 88.0 cm³/mol. The van der Waals surface area contributed by atoms with Gasteiger partial charge in [0.25, 0.3) is 0 Å². The van der Waals surface area contributed by atoms with Crippen LogP contribution in [0.25, 0.3) is 0 Å². The average Bonchev–Trinajstić information content (AvgIpc) is 2.59. The van der Waals surface area contributed by atoms with Gasteiger partial charge in [0, 0.05) is 0 Å². The fourth-order valence-corrected chi connectivity index (χ4v) is 3.35. The van der Waals surface area contributed by atoms with Gasteiger partial charge in [0.1, 0.15) is 11.6 Å². The summed E-state index contributed by atoms with van der Waals surface area (Å²) in [5, 5.41) is 0. The first kappa shape index (κ1) is 16.1. The molecule has 1 fully saturated rings. The monoisotopic (exact) mass is 316 g/mol. The summed E-state index contributed by atoms with van der Waals surface area (Å²) in [6, 6.07) is 13.2. The van der Waals surface area contributed by atoms with E-state index in [9.17, 15) is 8.78 Å². The van der Waals surface area contributed by atoms with Crippen LogP contribution < -0.4 is 5.73 Å². The van der Waals surface area contributed by atoms with E-state index in [2.05, 4.69) is 4.90 Å². The number of nitrogens with zero attached hydrogens (tertiary/aromatic N) is 1. The number of hydrogen-bond acceptors (Lipinski definition) is 2. The Labute approximate surface area is 135 Å². The third kappa shape index (κ3) is 3.77. The zero-order valence-electron chi connectivity index (χ0n) is 13.1. The van der Waals surface area contributed by atoms with Crippen LogP contribution in [0.5, 0.6) is 0 Å². The second kappa shape index (κ2) is 7.20. The molecule has 1 aliphatic rings. The SMILES string of the molecule is NCC1CCN(C(c2ccc(F)cc2)c2ccc(F)cc2)CC1. The van der Waals surface area contributed by atoms with Gasteiger partial charge >= 0.3 is 0 Å². The molecule has 0 saturated carbocycles. The van der Waals surface area contributed by atoms with E-state index >= 15 is 0 Å². The van der Waals surface area contributed by atoms with Crippen molar-refractivity contribution in [1.82, 2.24) is 4.90 Å². The van der Waals surface area contributed by atoms with E-state index in [1.807, 2.05) is 24.3 Å². The van der Waals surface area contributed by atoms with E-state index in [0.717, 1.165) is 43.6 Å². The standard InChI is InChI=1S/C19H22F2N2/c20-17-5-1-15(2-6-17)19(16-3-7-18(21)8-4-16)23-11-9-14(13-22)10-12-23/h1-8,14,19H,9-13,22H2. The first-order chi connectivity index (χ1) is 11.2. The molecule has 0 unspecified atom stereocenters. The molecule has 2 aromatic carbocycles. The number of nitrogens with two attached hydrogens (primary N) is 1. The Morgan fingerprint density at radius 3 is 1.70 bits per heavy atom. The van der Waals surface area contributed by atoms with E-state index in [4.69, 9.17) is 5.73 Å². The van der Waals surface area contributed by atoms with Crippen LogP contribution in [0, 0.1) is 17.6 Å². The Hall–Kier alpha value is -1.78. The van der Waals surface area contributed by atoms with Gasteiger partial charge in [-0.2, -0.15) is 0 Å². The summed E-state index contributed by atoms with van der Waals surface area (Å²) >= 11 is 0. The molecule has 2 aromatic rings. The molecule has 0 radical (unpaired) electrons. The maximum absolute atomic E-state index is 13.3. The van der Waals surface area contributed by atoms with Gasteiger partial charge in [-0.3, -0.25) is 4.90 Å². The normalized spacial score (nSPS) is 16.9. The molecule has 0 aromatic heterocycles. The van der Waals surface area contributed by atoms with Crippen molar-refractivity contribution in [2.45, 2.75) is 18.9 Å². The summed E-state index contributed by atoms with van der Waals surface area (Å²) in [4.78, 5) is 2.38. The zero-order valence-corrected chi connectivity index (χ0v) is 13.1. The van der Waals surface area contributed by atoms with Gasteiger partial charge < -0.3 is 5.73 Å². The van der Waals surface area contributed by atoms with Gasteiger partial charge in [0.05, 0.1) is 6.04 Å². The van der Waals surface area contributed by atoms with Gasteiger partial charge in [0.15, 0.2) is 0 Å². The average molecular weight is 316 g/mol. The smallest absolute Gasteiger partial charge is 0.123 e. The molecular formula is C19H22F2N2. The molecule has 1 heterocycles. The quantitative estimate of drug-likeness (QED) is 0.931. The Morgan fingerprint density at radius 1 is 0.870 bits per heavy atom. The second-order valence-corrected chi connectivity index (χ2v) is 6.22. The van der Waals surface area contributed by atoms with Crippen molar-refractivity contribution in [3.05, 3.63) is 71.3 Å². The highest BCUT2D eigenvalue weighted by Gasteiger charge is 2.26. The first-order valence-electron chi connectivity index (χ1n) is 8.12. The van der Waals surface area contributed by atoms with E-state index in [1.165, 1.54) is 24.3 Å². The third-order valence-corrected chi connectivity index (χ3v) is 4.72. The maximum atomic E-state index is 13.3. The van der Waals surface area contributed by atoms with Gasteiger partial charge in [-0.05, 0) is 73.8 Å². The topological polar surface area (TPSA) is 29.3 Å². The van der Waals surface area contributed by atoms with Crippen molar-refractivity contribution in [1.29, 1.82) is 0 Å². The van der Waals surface area contributed by atoms with Crippen LogP contribution in [0.4, 0.5) is 8.78 Å². The van der Waals surface area contributed by atoms with Gasteiger partial charge in [-0.15, -0.1) is 0 Å². The molecule has 3 rings (SSSR count). The molecule has 0 spiro atoms. The lowest BCUT2D eigenvalue weighted by Gasteiger charge is -2.38. The fraction of sp³-hybridized carbons (Fsp3) is 0.368. The maximum Gasteiger partial charge on any atom is 0.123 e. The Balaban J connectivity index is 1.90. The molecule has 0 atom stereocenters.